The minimum absolute atomic E-state index is 0.0655. The van der Waals surface area contributed by atoms with Gasteiger partial charge < -0.3 is 0 Å². The molecule has 0 aromatic carbocycles. The minimum Gasteiger partial charge on any atom is -0.288 e. The lowest BCUT2D eigenvalue weighted by Gasteiger charge is -2.25. The van der Waals surface area contributed by atoms with Crippen LogP contribution in [0.1, 0.15) is 6.92 Å². The number of rotatable bonds is 2. The van der Waals surface area contributed by atoms with Crippen molar-refractivity contribution in [2.45, 2.75) is 19.1 Å². The molecule has 1 atom stereocenters. The first kappa shape index (κ1) is 12.1. The molecule has 0 saturated heterocycles. The Kier molecular flexibility index (Phi) is 3.41. The molecule has 3 nitrogen and oxygen atoms in total. The predicted octanol–water partition coefficient (Wildman–Crippen LogP) is 2.88. The van der Waals surface area contributed by atoms with Crippen LogP contribution in [0.3, 0.4) is 0 Å². The van der Waals surface area contributed by atoms with E-state index in [1.165, 1.54) is 12.1 Å². The Balaban J connectivity index is 2.85. The van der Waals surface area contributed by atoms with Crippen LogP contribution in [0.5, 0.6) is 0 Å². The van der Waals surface area contributed by atoms with E-state index in [0.717, 1.165) is 13.1 Å². The SMILES string of the molecule is CC(N(O)c1ccc(Cl)nc1)C(F)(F)F. The number of aromatic nitrogens is 1. The molecule has 1 aromatic rings. The van der Waals surface area contributed by atoms with Gasteiger partial charge in [-0.1, -0.05) is 11.6 Å². The van der Waals surface area contributed by atoms with Gasteiger partial charge in [0.2, 0.25) is 0 Å². The second-order valence-electron chi connectivity index (χ2n) is 2.90. The monoisotopic (exact) mass is 240 g/mol. The molecule has 1 rings (SSSR count). The molecule has 1 aromatic heterocycles. The summed E-state index contributed by atoms with van der Waals surface area (Å²) < 4.78 is 36.6. The molecule has 84 valence electrons. The molecule has 1 heterocycles. The summed E-state index contributed by atoms with van der Waals surface area (Å²) in [5.41, 5.74) is -0.0655. The van der Waals surface area contributed by atoms with E-state index < -0.39 is 12.2 Å². The molecule has 0 amide bonds. The number of nitrogens with zero attached hydrogens (tertiary/aromatic N) is 2. The largest absolute Gasteiger partial charge is 0.410 e. The molecule has 0 aliphatic rings. The van der Waals surface area contributed by atoms with Crippen molar-refractivity contribution in [2.75, 3.05) is 5.06 Å². The highest BCUT2D eigenvalue weighted by Crippen LogP contribution is 2.27. The van der Waals surface area contributed by atoms with Crippen LogP contribution in [-0.2, 0) is 0 Å². The number of pyridine rings is 1. The van der Waals surface area contributed by atoms with Gasteiger partial charge in [-0.3, -0.25) is 5.21 Å². The van der Waals surface area contributed by atoms with Crippen molar-refractivity contribution < 1.29 is 18.4 Å². The van der Waals surface area contributed by atoms with Crippen molar-refractivity contribution in [3.63, 3.8) is 0 Å². The molecule has 0 bridgehead atoms. The van der Waals surface area contributed by atoms with Crippen LogP contribution in [0.4, 0.5) is 18.9 Å². The predicted molar refractivity (Wildman–Crippen MR) is 49.0 cm³/mol. The van der Waals surface area contributed by atoms with Crippen molar-refractivity contribution in [3.8, 4) is 0 Å². The van der Waals surface area contributed by atoms with E-state index in [9.17, 15) is 18.4 Å². The Morgan fingerprint density at radius 1 is 1.47 bits per heavy atom. The van der Waals surface area contributed by atoms with Gasteiger partial charge >= 0.3 is 6.18 Å². The van der Waals surface area contributed by atoms with Crippen LogP contribution in [0.25, 0.3) is 0 Å². The average Bonchev–Trinajstić information content (AvgIpc) is 2.15. The average molecular weight is 241 g/mol. The summed E-state index contributed by atoms with van der Waals surface area (Å²) in [6, 6.07) is 0.543. The van der Waals surface area contributed by atoms with Gasteiger partial charge in [0.05, 0.1) is 11.9 Å². The van der Waals surface area contributed by atoms with Crippen LogP contribution in [0.15, 0.2) is 18.3 Å². The Bertz CT molecular complexity index is 328. The van der Waals surface area contributed by atoms with E-state index in [4.69, 9.17) is 11.6 Å². The Morgan fingerprint density at radius 2 is 2.07 bits per heavy atom. The lowest BCUT2D eigenvalue weighted by Crippen LogP contribution is -2.41. The molecule has 0 aliphatic carbocycles. The van der Waals surface area contributed by atoms with Gasteiger partial charge in [0.1, 0.15) is 11.2 Å². The van der Waals surface area contributed by atoms with Crippen molar-refractivity contribution in [3.05, 3.63) is 23.5 Å². The summed E-state index contributed by atoms with van der Waals surface area (Å²) in [7, 11) is 0. The van der Waals surface area contributed by atoms with Crippen LogP contribution in [0.2, 0.25) is 5.15 Å². The quantitative estimate of drug-likeness (QED) is 0.638. The van der Waals surface area contributed by atoms with Gasteiger partial charge in [0.15, 0.2) is 0 Å². The Hall–Kier alpha value is -1.01. The van der Waals surface area contributed by atoms with Crippen molar-refractivity contribution in [2.24, 2.45) is 0 Å². The first-order valence-corrected chi connectivity index (χ1v) is 4.36. The maximum Gasteiger partial charge on any atom is 0.410 e. The summed E-state index contributed by atoms with van der Waals surface area (Å²) in [4.78, 5) is 3.56. The van der Waals surface area contributed by atoms with Gasteiger partial charge in [-0.05, 0) is 19.1 Å². The van der Waals surface area contributed by atoms with Crippen LogP contribution in [-0.4, -0.2) is 22.4 Å². The first-order valence-electron chi connectivity index (χ1n) is 3.98. The zero-order chi connectivity index (χ0) is 11.6. The lowest BCUT2D eigenvalue weighted by atomic mass is 10.3. The number of anilines is 1. The van der Waals surface area contributed by atoms with E-state index in [1.54, 1.807) is 0 Å². The fourth-order valence-corrected chi connectivity index (χ4v) is 0.978. The van der Waals surface area contributed by atoms with Gasteiger partial charge in [-0.15, -0.1) is 0 Å². The maximum absolute atomic E-state index is 12.2. The molecule has 7 heteroatoms. The van der Waals surface area contributed by atoms with Crippen LogP contribution >= 0.6 is 11.6 Å². The summed E-state index contributed by atoms with van der Waals surface area (Å²) in [6.07, 6.45) is -3.45. The summed E-state index contributed by atoms with van der Waals surface area (Å²) in [6.45, 7) is 0.842. The number of alkyl halides is 3. The molecule has 0 saturated carbocycles. The maximum atomic E-state index is 12.2. The summed E-state index contributed by atoms with van der Waals surface area (Å²) in [5.74, 6) is 0. The van der Waals surface area contributed by atoms with E-state index in [1.807, 2.05) is 0 Å². The molecule has 0 aliphatic heterocycles. The molecule has 0 radical (unpaired) electrons. The number of hydrogen-bond acceptors (Lipinski definition) is 3. The van der Waals surface area contributed by atoms with E-state index >= 15 is 0 Å². The number of hydrogen-bond donors (Lipinski definition) is 1. The van der Waals surface area contributed by atoms with Crippen molar-refractivity contribution in [1.82, 2.24) is 4.98 Å². The molecule has 0 spiro atoms. The van der Waals surface area contributed by atoms with E-state index in [2.05, 4.69) is 4.98 Å². The van der Waals surface area contributed by atoms with Crippen molar-refractivity contribution in [1.29, 1.82) is 0 Å². The van der Waals surface area contributed by atoms with Crippen LogP contribution in [0, 0.1) is 0 Å². The fourth-order valence-electron chi connectivity index (χ4n) is 0.866. The molecule has 0 fully saturated rings. The number of hydroxylamine groups is 1. The fraction of sp³-hybridized carbons (Fsp3) is 0.375. The Labute approximate surface area is 89.1 Å². The lowest BCUT2D eigenvalue weighted by molar-refractivity contribution is -0.156. The van der Waals surface area contributed by atoms with Gasteiger partial charge in [-0.2, -0.15) is 13.2 Å². The summed E-state index contributed by atoms with van der Waals surface area (Å²) >= 11 is 5.45. The van der Waals surface area contributed by atoms with Gasteiger partial charge in [-0.25, -0.2) is 10.0 Å². The zero-order valence-electron chi connectivity index (χ0n) is 7.66. The first-order chi connectivity index (χ1) is 6.82. The van der Waals surface area contributed by atoms with E-state index in [-0.39, 0.29) is 15.9 Å². The third kappa shape index (κ3) is 2.97. The molecular weight excluding hydrogens is 233 g/mol. The topological polar surface area (TPSA) is 36.4 Å². The highest BCUT2D eigenvalue weighted by Gasteiger charge is 2.40. The molecule has 1 unspecified atom stereocenters. The molecule has 15 heavy (non-hydrogen) atoms. The van der Waals surface area contributed by atoms with Crippen LogP contribution < -0.4 is 5.06 Å². The third-order valence-electron chi connectivity index (χ3n) is 1.82. The second-order valence-corrected chi connectivity index (χ2v) is 3.29. The zero-order valence-corrected chi connectivity index (χ0v) is 8.42. The smallest absolute Gasteiger partial charge is 0.288 e. The van der Waals surface area contributed by atoms with Gasteiger partial charge in [0.25, 0.3) is 0 Å². The standard InChI is InChI=1S/C8H8ClF3N2O/c1-5(8(10,11)12)14(15)6-2-3-7(9)13-4-6/h2-5,15H,1H3. The minimum atomic E-state index is -4.51. The van der Waals surface area contributed by atoms with E-state index in [0.29, 0.717) is 0 Å². The second kappa shape index (κ2) is 4.24. The number of halogens is 4. The summed E-state index contributed by atoms with van der Waals surface area (Å²) in [5, 5.41) is 9.49. The highest BCUT2D eigenvalue weighted by molar-refractivity contribution is 6.29. The molecule has 1 N–H and O–H groups in total. The van der Waals surface area contributed by atoms with Gasteiger partial charge in [0, 0.05) is 0 Å². The third-order valence-corrected chi connectivity index (χ3v) is 2.04. The highest BCUT2D eigenvalue weighted by atomic mass is 35.5. The normalized spacial score (nSPS) is 13.7. The Morgan fingerprint density at radius 3 is 2.47 bits per heavy atom. The molecular formula is C8H8ClF3N2O. The van der Waals surface area contributed by atoms with Crippen molar-refractivity contribution >= 4 is 17.3 Å².